The molecule has 3 atom stereocenters. The highest BCUT2D eigenvalue weighted by Crippen LogP contribution is 2.26. The summed E-state index contributed by atoms with van der Waals surface area (Å²) in [5, 5.41) is 0. The molecule has 1 aliphatic rings. The minimum atomic E-state index is -0.582. The van der Waals surface area contributed by atoms with Gasteiger partial charge in [0.05, 0.1) is 18.7 Å². The van der Waals surface area contributed by atoms with E-state index in [4.69, 9.17) is 10.5 Å². The van der Waals surface area contributed by atoms with Crippen LogP contribution in [0.4, 0.5) is 4.39 Å². The maximum Gasteiger partial charge on any atom is 0.240 e. The lowest BCUT2D eigenvalue weighted by atomic mass is 10.0. The third kappa shape index (κ3) is 4.44. The van der Waals surface area contributed by atoms with Gasteiger partial charge in [0.25, 0.3) is 0 Å². The maximum absolute atomic E-state index is 13.1. The molecular weight excluding hydrogens is 319 g/mol. The maximum atomic E-state index is 13.1. The second kappa shape index (κ2) is 7.76. The van der Waals surface area contributed by atoms with Crippen LogP contribution in [0.25, 0.3) is 0 Å². The van der Waals surface area contributed by atoms with Crippen LogP contribution in [0.2, 0.25) is 0 Å². The number of morpholine rings is 1. The molecule has 0 unspecified atom stereocenters. The number of benzene rings is 2. The predicted octanol–water partition coefficient (Wildman–Crippen LogP) is 2.68. The molecule has 3 rings (SSSR count). The zero-order valence-electron chi connectivity index (χ0n) is 14.3. The van der Waals surface area contributed by atoms with Crippen molar-refractivity contribution in [3.8, 4) is 0 Å². The number of carbonyl (C=O) groups excluding carboxylic acids is 1. The smallest absolute Gasteiger partial charge is 0.240 e. The van der Waals surface area contributed by atoms with E-state index < -0.39 is 6.04 Å². The number of nitrogens with two attached hydrogens (primary N) is 1. The van der Waals surface area contributed by atoms with E-state index in [1.54, 1.807) is 17.0 Å². The molecule has 25 heavy (non-hydrogen) atoms. The molecule has 0 bridgehead atoms. The Morgan fingerprint density at radius 1 is 1.20 bits per heavy atom. The number of rotatable bonds is 4. The molecule has 1 fully saturated rings. The van der Waals surface area contributed by atoms with E-state index in [0.29, 0.717) is 19.5 Å². The molecule has 0 aromatic heterocycles. The van der Waals surface area contributed by atoms with Crippen molar-refractivity contribution >= 4 is 5.91 Å². The fraction of sp³-hybridized carbons (Fsp3) is 0.350. The van der Waals surface area contributed by atoms with Gasteiger partial charge in [-0.05, 0) is 36.6 Å². The monoisotopic (exact) mass is 342 g/mol. The van der Waals surface area contributed by atoms with Crippen LogP contribution in [0.1, 0.15) is 24.2 Å². The van der Waals surface area contributed by atoms with E-state index in [1.165, 1.54) is 12.1 Å². The topological polar surface area (TPSA) is 55.6 Å². The molecule has 0 spiro atoms. The Hall–Kier alpha value is -2.24. The largest absolute Gasteiger partial charge is 0.367 e. The lowest BCUT2D eigenvalue weighted by Crippen LogP contribution is -2.52. The molecule has 5 heteroatoms. The number of ether oxygens (including phenoxy) is 1. The molecule has 0 aliphatic carbocycles. The summed E-state index contributed by atoms with van der Waals surface area (Å²) in [6.07, 6.45) is 0.140. The molecule has 1 saturated heterocycles. The van der Waals surface area contributed by atoms with Gasteiger partial charge in [0, 0.05) is 6.54 Å². The number of carbonyl (C=O) groups is 1. The van der Waals surface area contributed by atoms with Crippen LogP contribution in [0.3, 0.4) is 0 Å². The van der Waals surface area contributed by atoms with E-state index in [0.717, 1.165) is 11.1 Å². The molecule has 2 aromatic rings. The normalized spacial score (nSPS) is 21.8. The fourth-order valence-electron chi connectivity index (χ4n) is 3.18. The number of hydrogen-bond donors (Lipinski definition) is 1. The molecule has 1 amide bonds. The first-order valence-corrected chi connectivity index (χ1v) is 8.52. The molecular formula is C20H23FN2O2. The van der Waals surface area contributed by atoms with Crippen molar-refractivity contribution in [3.05, 3.63) is 71.5 Å². The SMILES string of the molecule is C[C@H]1CN(C(=O)[C@@H](N)Cc2ccccc2)C[C@@H](c2ccc(F)cc2)O1. The van der Waals surface area contributed by atoms with Crippen molar-refractivity contribution < 1.29 is 13.9 Å². The Balaban J connectivity index is 1.68. The first-order valence-electron chi connectivity index (χ1n) is 8.52. The van der Waals surface area contributed by atoms with Crippen LogP contribution < -0.4 is 5.73 Å². The van der Waals surface area contributed by atoms with Gasteiger partial charge >= 0.3 is 0 Å². The Morgan fingerprint density at radius 3 is 2.56 bits per heavy atom. The molecule has 1 aliphatic heterocycles. The van der Waals surface area contributed by atoms with Crippen LogP contribution in [0.15, 0.2) is 54.6 Å². The van der Waals surface area contributed by atoms with Gasteiger partial charge in [-0.1, -0.05) is 42.5 Å². The molecule has 2 aromatic carbocycles. The average molecular weight is 342 g/mol. The minimum absolute atomic E-state index is 0.0777. The zero-order chi connectivity index (χ0) is 17.8. The molecule has 132 valence electrons. The van der Waals surface area contributed by atoms with E-state index in [-0.39, 0.29) is 23.9 Å². The number of halogens is 1. The van der Waals surface area contributed by atoms with Crippen LogP contribution >= 0.6 is 0 Å². The lowest BCUT2D eigenvalue weighted by Gasteiger charge is -2.38. The van der Waals surface area contributed by atoms with Crippen LogP contribution in [-0.2, 0) is 16.0 Å². The van der Waals surface area contributed by atoms with Crippen LogP contribution in [0.5, 0.6) is 0 Å². The summed E-state index contributed by atoms with van der Waals surface area (Å²) in [5.41, 5.74) is 8.05. The second-order valence-electron chi connectivity index (χ2n) is 6.53. The van der Waals surface area contributed by atoms with Gasteiger partial charge in [0.2, 0.25) is 5.91 Å². The third-order valence-electron chi connectivity index (χ3n) is 4.43. The summed E-state index contributed by atoms with van der Waals surface area (Å²) in [4.78, 5) is 14.5. The highest BCUT2D eigenvalue weighted by Gasteiger charge is 2.31. The number of amides is 1. The second-order valence-corrected chi connectivity index (χ2v) is 6.53. The summed E-state index contributed by atoms with van der Waals surface area (Å²) in [7, 11) is 0. The highest BCUT2D eigenvalue weighted by molar-refractivity contribution is 5.82. The van der Waals surface area contributed by atoms with Gasteiger partial charge < -0.3 is 15.4 Å². The summed E-state index contributed by atoms with van der Waals surface area (Å²) in [6.45, 7) is 2.87. The summed E-state index contributed by atoms with van der Waals surface area (Å²) in [5.74, 6) is -0.364. The standard InChI is InChI=1S/C20H23FN2O2/c1-14-12-23(13-19(25-14)16-7-9-17(21)10-8-16)20(24)18(22)11-15-5-3-2-4-6-15/h2-10,14,18-19H,11-13,22H2,1H3/t14-,18-,19-/m0/s1. The van der Waals surface area contributed by atoms with Crippen molar-refractivity contribution in [1.29, 1.82) is 0 Å². The minimum Gasteiger partial charge on any atom is -0.367 e. The predicted molar refractivity (Wildman–Crippen MR) is 94.4 cm³/mol. The molecule has 1 heterocycles. The third-order valence-corrected chi connectivity index (χ3v) is 4.43. The molecule has 4 nitrogen and oxygen atoms in total. The number of nitrogens with zero attached hydrogens (tertiary/aromatic N) is 1. The van der Waals surface area contributed by atoms with Crippen molar-refractivity contribution in [2.75, 3.05) is 13.1 Å². The van der Waals surface area contributed by atoms with Crippen molar-refractivity contribution in [2.24, 2.45) is 5.73 Å². The van der Waals surface area contributed by atoms with E-state index >= 15 is 0 Å². The first kappa shape index (κ1) is 17.6. The van der Waals surface area contributed by atoms with Crippen molar-refractivity contribution in [1.82, 2.24) is 4.90 Å². The van der Waals surface area contributed by atoms with Crippen molar-refractivity contribution in [3.63, 3.8) is 0 Å². The van der Waals surface area contributed by atoms with Gasteiger partial charge in [-0.25, -0.2) is 4.39 Å². The number of hydrogen-bond acceptors (Lipinski definition) is 3. The van der Waals surface area contributed by atoms with Crippen LogP contribution in [0, 0.1) is 5.82 Å². The van der Waals surface area contributed by atoms with Gasteiger partial charge in [0.1, 0.15) is 11.9 Å². The summed E-state index contributed by atoms with van der Waals surface area (Å²) in [6, 6.07) is 15.4. The summed E-state index contributed by atoms with van der Waals surface area (Å²) >= 11 is 0. The highest BCUT2D eigenvalue weighted by atomic mass is 19.1. The van der Waals surface area contributed by atoms with Crippen molar-refractivity contribution in [2.45, 2.75) is 31.6 Å². The van der Waals surface area contributed by atoms with Gasteiger partial charge in [-0.15, -0.1) is 0 Å². The fourth-order valence-corrected chi connectivity index (χ4v) is 3.18. The molecule has 0 radical (unpaired) electrons. The lowest BCUT2D eigenvalue weighted by molar-refractivity contribution is -0.146. The Bertz CT molecular complexity index is 705. The van der Waals surface area contributed by atoms with Gasteiger partial charge in [-0.2, -0.15) is 0 Å². The quantitative estimate of drug-likeness (QED) is 0.929. The Kier molecular flexibility index (Phi) is 5.46. The molecule has 0 saturated carbocycles. The Morgan fingerprint density at radius 2 is 1.88 bits per heavy atom. The van der Waals surface area contributed by atoms with Gasteiger partial charge in [0.15, 0.2) is 0 Å². The zero-order valence-corrected chi connectivity index (χ0v) is 14.3. The molecule has 2 N–H and O–H groups in total. The van der Waals surface area contributed by atoms with E-state index in [2.05, 4.69) is 0 Å². The van der Waals surface area contributed by atoms with Crippen LogP contribution in [-0.4, -0.2) is 36.0 Å². The van der Waals surface area contributed by atoms with E-state index in [1.807, 2.05) is 37.3 Å². The van der Waals surface area contributed by atoms with E-state index in [9.17, 15) is 9.18 Å². The summed E-state index contributed by atoms with van der Waals surface area (Å²) < 4.78 is 19.1. The average Bonchev–Trinajstić information content (AvgIpc) is 2.62. The Labute approximate surface area is 147 Å². The van der Waals surface area contributed by atoms with Gasteiger partial charge in [-0.3, -0.25) is 4.79 Å². The first-order chi connectivity index (χ1) is 12.0.